The lowest BCUT2D eigenvalue weighted by atomic mass is 9.84. The first-order valence-electron chi connectivity index (χ1n) is 7.31. The van der Waals surface area contributed by atoms with Gasteiger partial charge in [0, 0.05) is 12.6 Å². The van der Waals surface area contributed by atoms with Crippen LogP contribution in [0.3, 0.4) is 0 Å². The van der Waals surface area contributed by atoms with E-state index in [0.29, 0.717) is 0 Å². The average molecular weight is 270 g/mol. The Kier molecular flexibility index (Phi) is 5.39. The Morgan fingerprint density at radius 1 is 1.37 bits per heavy atom. The summed E-state index contributed by atoms with van der Waals surface area (Å²) in [5.41, 5.74) is -0.743. The van der Waals surface area contributed by atoms with Crippen LogP contribution < -0.4 is 5.32 Å². The van der Waals surface area contributed by atoms with Crippen LogP contribution in [-0.2, 0) is 4.79 Å². The summed E-state index contributed by atoms with van der Waals surface area (Å²) >= 11 is 0. The van der Waals surface area contributed by atoms with E-state index >= 15 is 0 Å². The summed E-state index contributed by atoms with van der Waals surface area (Å²) in [6.45, 7) is 7.27. The largest absolute Gasteiger partial charge is 0.389 e. The highest BCUT2D eigenvalue weighted by Crippen LogP contribution is 2.32. The van der Waals surface area contributed by atoms with E-state index in [-0.39, 0.29) is 23.8 Å². The molecular weight excluding hydrogens is 240 g/mol. The van der Waals surface area contributed by atoms with E-state index in [9.17, 15) is 9.90 Å². The fourth-order valence-electron chi connectivity index (χ4n) is 2.95. The van der Waals surface area contributed by atoms with Crippen molar-refractivity contribution in [2.75, 3.05) is 20.6 Å². The summed E-state index contributed by atoms with van der Waals surface area (Å²) < 4.78 is 0. The Morgan fingerprint density at radius 2 is 1.89 bits per heavy atom. The lowest BCUT2D eigenvalue weighted by molar-refractivity contribution is -0.127. The van der Waals surface area contributed by atoms with Gasteiger partial charge in [-0.1, -0.05) is 26.7 Å². The maximum absolute atomic E-state index is 12.1. The van der Waals surface area contributed by atoms with Crippen molar-refractivity contribution in [3.8, 4) is 0 Å². The van der Waals surface area contributed by atoms with E-state index in [1.165, 1.54) is 0 Å². The van der Waals surface area contributed by atoms with Crippen LogP contribution in [0.5, 0.6) is 0 Å². The van der Waals surface area contributed by atoms with Gasteiger partial charge < -0.3 is 15.3 Å². The Morgan fingerprint density at radius 3 is 2.37 bits per heavy atom. The Hall–Kier alpha value is -0.610. The fourth-order valence-corrected chi connectivity index (χ4v) is 2.95. The smallest absolute Gasteiger partial charge is 0.223 e. The van der Waals surface area contributed by atoms with Gasteiger partial charge in [0.2, 0.25) is 5.91 Å². The predicted octanol–water partition coefficient (Wildman–Crippen LogP) is 1.77. The molecule has 1 aliphatic rings. The molecule has 1 atom stereocenters. The molecule has 0 bridgehead atoms. The third kappa shape index (κ3) is 5.11. The molecule has 1 rings (SSSR count). The SMILES string of the molecule is CC(NC(=O)CC1(O)CCCC1)C(C)(C)CN(C)C. The first-order valence-corrected chi connectivity index (χ1v) is 7.31. The molecule has 0 heterocycles. The van der Waals surface area contributed by atoms with Crippen molar-refractivity contribution in [1.82, 2.24) is 10.2 Å². The van der Waals surface area contributed by atoms with E-state index in [4.69, 9.17) is 0 Å². The zero-order chi connectivity index (χ0) is 14.7. The van der Waals surface area contributed by atoms with Crippen molar-refractivity contribution >= 4 is 5.91 Å². The topological polar surface area (TPSA) is 52.6 Å². The minimum Gasteiger partial charge on any atom is -0.389 e. The van der Waals surface area contributed by atoms with Gasteiger partial charge in [-0.2, -0.15) is 0 Å². The molecule has 0 aromatic heterocycles. The number of hydrogen-bond acceptors (Lipinski definition) is 3. The Bertz CT molecular complexity index is 307. The second-order valence-corrected chi connectivity index (χ2v) is 7.12. The first-order chi connectivity index (χ1) is 8.65. The van der Waals surface area contributed by atoms with Gasteiger partial charge in [0.25, 0.3) is 0 Å². The first kappa shape index (κ1) is 16.4. The van der Waals surface area contributed by atoms with Gasteiger partial charge in [0.05, 0.1) is 12.0 Å². The Balaban J connectivity index is 2.47. The summed E-state index contributed by atoms with van der Waals surface area (Å²) in [6, 6.07) is 0.0902. The molecule has 0 saturated heterocycles. The molecule has 4 nitrogen and oxygen atoms in total. The predicted molar refractivity (Wildman–Crippen MR) is 78.0 cm³/mol. The molecule has 1 saturated carbocycles. The van der Waals surface area contributed by atoms with Gasteiger partial charge in [-0.25, -0.2) is 0 Å². The van der Waals surface area contributed by atoms with Gasteiger partial charge in [-0.05, 0) is 39.3 Å². The molecule has 0 aliphatic heterocycles. The second-order valence-electron chi connectivity index (χ2n) is 7.12. The van der Waals surface area contributed by atoms with Crippen molar-refractivity contribution in [3.05, 3.63) is 0 Å². The molecule has 19 heavy (non-hydrogen) atoms. The van der Waals surface area contributed by atoms with Crippen molar-refractivity contribution in [2.45, 2.75) is 64.5 Å². The lowest BCUT2D eigenvalue weighted by Gasteiger charge is -2.35. The quantitative estimate of drug-likeness (QED) is 0.773. The summed E-state index contributed by atoms with van der Waals surface area (Å²) in [5, 5.41) is 13.3. The number of rotatable bonds is 6. The number of nitrogens with zero attached hydrogens (tertiary/aromatic N) is 1. The zero-order valence-electron chi connectivity index (χ0n) is 13.1. The standard InChI is InChI=1S/C15H30N2O2/c1-12(14(2,3)11-17(4)5)16-13(18)10-15(19)8-6-7-9-15/h12,19H,6-11H2,1-5H3,(H,16,18). The Labute approximate surface area is 117 Å². The normalized spacial score (nSPS) is 20.6. The van der Waals surface area contributed by atoms with E-state index in [1.54, 1.807) is 0 Å². The van der Waals surface area contributed by atoms with Crippen molar-refractivity contribution in [3.63, 3.8) is 0 Å². The van der Waals surface area contributed by atoms with Gasteiger partial charge in [0.15, 0.2) is 0 Å². The van der Waals surface area contributed by atoms with E-state index in [1.807, 2.05) is 21.0 Å². The van der Waals surface area contributed by atoms with E-state index < -0.39 is 5.60 Å². The third-order valence-corrected chi connectivity index (χ3v) is 4.30. The molecule has 0 aromatic rings. The number of carbonyl (C=O) groups is 1. The molecule has 0 spiro atoms. The van der Waals surface area contributed by atoms with Crippen LogP contribution >= 0.6 is 0 Å². The molecule has 1 amide bonds. The average Bonchev–Trinajstić information content (AvgIpc) is 2.62. The second kappa shape index (κ2) is 6.23. The highest BCUT2D eigenvalue weighted by Gasteiger charge is 2.35. The van der Waals surface area contributed by atoms with Crippen molar-refractivity contribution in [1.29, 1.82) is 0 Å². The monoisotopic (exact) mass is 270 g/mol. The molecule has 4 heteroatoms. The molecule has 1 fully saturated rings. The summed E-state index contributed by atoms with van der Waals surface area (Å²) in [5.74, 6) is -0.0243. The van der Waals surface area contributed by atoms with Crippen LogP contribution in [0.2, 0.25) is 0 Å². The molecule has 1 unspecified atom stereocenters. The minimum atomic E-state index is -0.754. The number of amides is 1. The zero-order valence-corrected chi connectivity index (χ0v) is 13.1. The van der Waals surface area contributed by atoms with Gasteiger partial charge >= 0.3 is 0 Å². The van der Waals surface area contributed by atoms with E-state index in [0.717, 1.165) is 32.2 Å². The van der Waals surface area contributed by atoms with Crippen molar-refractivity contribution in [2.24, 2.45) is 5.41 Å². The highest BCUT2D eigenvalue weighted by molar-refractivity contribution is 5.77. The summed E-state index contributed by atoms with van der Waals surface area (Å²) in [4.78, 5) is 14.2. The molecule has 112 valence electrons. The molecule has 0 aromatic carbocycles. The summed E-state index contributed by atoms with van der Waals surface area (Å²) in [6.07, 6.45) is 3.83. The minimum absolute atomic E-state index is 0.0114. The van der Waals surface area contributed by atoms with Crippen molar-refractivity contribution < 1.29 is 9.90 Å². The van der Waals surface area contributed by atoms with Gasteiger partial charge in [0.1, 0.15) is 0 Å². The van der Waals surface area contributed by atoms with Crippen LogP contribution in [0.1, 0.15) is 52.9 Å². The van der Waals surface area contributed by atoms with Crippen LogP contribution in [0.15, 0.2) is 0 Å². The summed E-state index contributed by atoms with van der Waals surface area (Å²) in [7, 11) is 4.08. The molecule has 2 N–H and O–H groups in total. The number of carbonyl (C=O) groups excluding carboxylic acids is 1. The fraction of sp³-hybridized carbons (Fsp3) is 0.933. The molecule has 0 radical (unpaired) electrons. The van der Waals surface area contributed by atoms with Gasteiger partial charge in [-0.3, -0.25) is 4.79 Å². The number of hydrogen-bond donors (Lipinski definition) is 2. The molecular formula is C15H30N2O2. The number of aliphatic hydroxyl groups is 1. The molecule has 1 aliphatic carbocycles. The third-order valence-electron chi connectivity index (χ3n) is 4.30. The van der Waals surface area contributed by atoms with Gasteiger partial charge in [-0.15, -0.1) is 0 Å². The van der Waals surface area contributed by atoms with Crippen LogP contribution in [0.25, 0.3) is 0 Å². The van der Waals surface area contributed by atoms with Crippen LogP contribution in [0.4, 0.5) is 0 Å². The van der Waals surface area contributed by atoms with E-state index in [2.05, 4.69) is 24.1 Å². The maximum atomic E-state index is 12.1. The maximum Gasteiger partial charge on any atom is 0.223 e. The highest BCUT2D eigenvalue weighted by atomic mass is 16.3. The van der Waals surface area contributed by atoms with Crippen LogP contribution in [-0.4, -0.2) is 48.2 Å². The lowest BCUT2D eigenvalue weighted by Crippen LogP contribution is -2.48. The number of nitrogens with one attached hydrogen (secondary N) is 1. The van der Waals surface area contributed by atoms with Crippen LogP contribution in [0, 0.1) is 5.41 Å².